The van der Waals surface area contributed by atoms with Crippen LogP contribution in [0, 0.1) is 0 Å². The summed E-state index contributed by atoms with van der Waals surface area (Å²) in [5.41, 5.74) is -0.116. The van der Waals surface area contributed by atoms with Crippen LogP contribution in [0.3, 0.4) is 0 Å². The van der Waals surface area contributed by atoms with E-state index in [0.29, 0.717) is 13.0 Å². The minimum atomic E-state index is -4.75. The first-order valence-electron chi connectivity index (χ1n) is 6.58. The van der Waals surface area contributed by atoms with Crippen LogP contribution in [0.15, 0.2) is 29.2 Å². The number of sulfone groups is 1. The molecule has 5 nitrogen and oxygen atoms in total. The largest absolute Gasteiger partial charge is 0.341 e. The minimum Gasteiger partial charge on any atom is -0.324 e. The number of halogens is 2. The molecule has 8 heteroatoms. The average molecular weight is 318 g/mol. The van der Waals surface area contributed by atoms with Crippen molar-refractivity contribution in [1.29, 1.82) is 0 Å². The standard InChI is InChI=1S/C13H16F2N2O3S/c14-13(15)21(19,20)11-7-2-1-5-9(11)17-12(18)10-6-3-4-8-16-10/h1-2,5,7,10,13,16H,3-4,6,8H2,(H,17,18). The third-order valence-electron chi connectivity index (χ3n) is 3.31. The Balaban J connectivity index is 2.23. The van der Waals surface area contributed by atoms with Gasteiger partial charge in [-0.05, 0) is 31.5 Å². The molecule has 1 heterocycles. The highest BCUT2D eigenvalue weighted by molar-refractivity contribution is 7.91. The third kappa shape index (κ3) is 3.56. The van der Waals surface area contributed by atoms with E-state index >= 15 is 0 Å². The second-order valence-corrected chi connectivity index (χ2v) is 6.68. The number of anilines is 1. The van der Waals surface area contributed by atoms with Crippen molar-refractivity contribution in [2.24, 2.45) is 0 Å². The van der Waals surface area contributed by atoms with Crippen LogP contribution in [-0.4, -0.2) is 32.7 Å². The van der Waals surface area contributed by atoms with Crippen molar-refractivity contribution in [2.45, 2.75) is 36.0 Å². The summed E-state index contributed by atoms with van der Waals surface area (Å²) in [7, 11) is -4.75. The number of carbonyl (C=O) groups excluding carboxylic acids is 1. The van der Waals surface area contributed by atoms with Gasteiger partial charge in [-0.2, -0.15) is 8.78 Å². The van der Waals surface area contributed by atoms with Gasteiger partial charge in [0.15, 0.2) is 0 Å². The van der Waals surface area contributed by atoms with Crippen molar-refractivity contribution in [3.8, 4) is 0 Å². The van der Waals surface area contributed by atoms with Gasteiger partial charge in [0.2, 0.25) is 15.7 Å². The van der Waals surface area contributed by atoms with Crippen LogP contribution in [0.5, 0.6) is 0 Å². The Hall–Kier alpha value is -1.54. The molecule has 116 valence electrons. The molecule has 1 aromatic carbocycles. The highest BCUT2D eigenvalue weighted by atomic mass is 32.2. The van der Waals surface area contributed by atoms with E-state index in [1.54, 1.807) is 0 Å². The van der Waals surface area contributed by atoms with Crippen molar-refractivity contribution in [2.75, 3.05) is 11.9 Å². The molecule has 21 heavy (non-hydrogen) atoms. The molecule has 1 unspecified atom stereocenters. The Bertz CT molecular complexity index is 614. The molecule has 0 bridgehead atoms. The fourth-order valence-electron chi connectivity index (χ4n) is 2.21. The number of hydrogen-bond acceptors (Lipinski definition) is 4. The van der Waals surface area contributed by atoms with Gasteiger partial charge in [-0.1, -0.05) is 18.6 Å². The summed E-state index contributed by atoms with van der Waals surface area (Å²) in [6.07, 6.45) is 2.50. The maximum absolute atomic E-state index is 12.7. The zero-order valence-electron chi connectivity index (χ0n) is 11.2. The lowest BCUT2D eigenvalue weighted by atomic mass is 10.0. The second kappa shape index (κ2) is 6.48. The van der Waals surface area contributed by atoms with Gasteiger partial charge in [-0.15, -0.1) is 0 Å². The first-order chi connectivity index (χ1) is 9.93. The van der Waals surface area contributed by atoms with Crippen molar-refractivity contribution in [3.05, 3.63) is 24.3 Å². The maximum Gasteiger partial charge on any atom is 0.341 e. The molecular formula is C13H16F2N2O3S. The Labute approximate surface area is 121 Å². The summed E-state index contributed by atoms with van der Waals surface area (Å²) >= 11 is 0. The molecular weight excluding hydrogens is 302 g/mol. The predicted molar refractivity (Wildman–Crippen MR) is 73.9 cm³/mol. The highest BCUT2D eigenvalue weighted by Crippen LogP contribution is 2.26. The second-order valence-electron chi connectivity index (χ2n) is 4.79. The summed E-state index contributed by atoms with van der Waals surface area (Å²) in [6, 6.07) is 4.75. The molecule has 2 N–H and O–H groups in total. The number of piperidine rings is 1. The zero-order valence-corrected chi connectivity index (χ0v) is 12.0. The third-order valence-corrected chi connectivity index (χ3v) is 4.75. The van der Waals surface area contributed by atoms with E-state index in [-0.39, 0.29) is 5.69 Å². The van der Waals surface area contributed by atoms with E-state index in [9.17, 15) is 22.0 Å². The van der Waals surface area contributed by atoms with Crippen LogP contribution < -0.4 is 10.6 Å². The Morgan fingerprint density at radius 1 is 1.29 bits per heavy atom. The molecule has 1 aliphatic rings. The molecule has 0 radical (unpaired) electrons. The Morgan fingerprint density at radius 2 is 2.00 bits per heavy atom. The molecule has 1 aromatic rings. The van der Waals surface area contributed by atoms with Gasteiger partial charge >= 0.3 is 5.76 Å². The fourth-order valence-corrected chi connectivity index (χ4v) is 3.10. The molecule has 1 atom stereocenters. The van der Waals surface area contributed by atoms with Crippen LogP contribution in [0.25, 0.3) is 0 Å². The van der Waals surface area contributed by atoms with Gasteiger partial charge in [-0.3, -0.25) is 4.79 Å². The van der Waals surface area contributed by atoms with Gasteiger partial charge < -0.3 is 10.6 Å². The predicted octanol–water partition coefficient (Wildman–Crippen LogP) is 1.76. The first kappa shape index (κ1) is 15.8. The summed E-state index contributed by atoms with van der Waals surface area (Å²) in [5, 5.41) is 5.44. The summed E-state index contributed by atoms with van der Waals surface area (Å²) in [5.74, 6) is -3.94. The highest BCUT2D eigenvalue weighted by Gasteiger charge is 2.30. The first-order valence-corrected chi connectivity index (χ1v) is 8.13. The van der Waals surface area contributed by atoms with Crippen LogP contribution in [-0.2, 0) is 14.6 Å². The fraction of sp³-hybridized carbons (Fsp3) is 0.462. The Morgan fingerprint density at radius 3 is 2.62 bits per heavy atom. The van der Waals surface area contributed by atoms with Gasteiger partial charge in [0, 0.05) is 0 Å². The van der Waals surface area contributed by atoms with E-state index in [4.69, 9.17) is 0 Å². The molecule has 0 spiro atoms. The number of hydrogen-bond donors (Lipinski definition) is 2. The van der Waals surface area contributed by atoms with Crippen LogP contribution in [0.4, 0.5) is 14.5 Å². The molecule has 0 saturated carbocycles. The van der Waals surface area contributed by atoms with Crippen molar-refractivity contribution >= 4 is 21.4 Å². The van der Waals surface area contributed by atoms with E-state index < -0.39 is 32.4 Å². The molecule has 1 aliphatic heterocycles. The van der Waals surface area contributed by atoms with E-state index in [1.807, 2.05) is 0 Å². The molecule has 1 amide bonds. The monoisotopic (exact) mass is 318 g/mol. The molecule has 2 rings (SSSR count). The van der Waals surface area contributed by atoms with Crippen molar-refractivity contribution in [1.82, 2.24) is 5.32 Å². The minimum absolute atomic E-state index is 0.116. The van der Waals surface area contributed by atoms with Gasteiger partial charge in [0.05, 0.1) is 16.6 Å². The van der Waals surface area contributed by atoms with E-state index in [1.165, 1.54) is 18.2 Å². The van der Waals surface area contributed by atoms with Crippen molar-refractivity contribution < 1.29 is 22.0 Å². The molecule has 0 aromatic heterocycles. The molecule has 1 saturated heterocycles. The van der Waals surface area contributed by atoms with Crippen molar-refractivity contribution in [3.63, 3.8) is 0 Å². The lowest BCUT2D eigenvalue weighted by Gasteiger charge is -2.23. The number of benzene rings is 1. The van der Waals surface area contributed by atoms with Crippen LogP contribution in [0.2, 0.25) is 0 Å². The van der Waals surface area contributed by atoms with E-state index in [2.05, 4.69) is 10.6 Å². The zero-order chi connectivity index (χ0) is 15.5. The smallest absolute Gasteiger partial charge is 0.324 e. The Kier molecular flexibility index (Phi) is 4.89. The van der Waals surface area contributed by atoms with Gasteiger partial charge in [0.25, 0.3) is 0 Å². The summed E-state index contributed by atoms with van der Waals surface area (Å²) < 4.78 is 48.5. The van der Waals surface area contributed by atoms with Gasteiger partial charge in [-0.25, -0.2) is 8.42 Å². The average Bonchev–Trinajstić information content (AvgIpc) is 2.48. The number of para-hydroxylation sites is 1. The number of rotatable bonds is 4. The normalized spacial score (nSPS) is 19.5. The summed E-state index contributed by atoms with van der Waals surface area (Å²) in [6.45, 7) is 0.703. The van der Waals surface area contributed by atoms with Crippen LogP contribution in [0.1, 0.15) is 19.3 Å². The molecule has 0 aliphatic carbocycles. The quantitative estimate of drug-likeness (QED) is 0.887. The number of carbonyl (C=O) groups is 1. The summed E-state index contributed by atoms with van der Waals surface area (Å²) in [4.78, 5) is 11.5. The van der Waals surface area contributed by atoms with E-state index in [0.717, 1.165) is 18.9 Å². The lowest BCUT2D eigenvalue weighted by molar-refractivity contribution is -0.118. The number of nitrogens with one attached hydrogen (secondary N) is 2. The van der Waals surface area contributed by atoms with Crippen LogP contribution >= 0.6 is 0 Å². The lowest BCUT2D eigenvalue weighted by Crippen LogP contribution is -2.43. The van der Waals surface area contributed by atoms with Gasteiger partial charge in [0.1, 0.15) is 0 Å². The maximum atomic E-state index is 12.7. The number of amides is 1. The number of alkyl halides is 2. The topological polar surface area (TPSA) is 75.3 Å². The SMILES string of the molecule is O=C(Nc1ccccc1S(=O)(=O)C(F)F)C1CCCCN1. The molecule has 1 fully saturated rings.